The summed E-state index contributed by atoms with van der Waals surface area (Å²) in [5, 5.41) is 8.37. The van der Waals surface area contributed by atoms with Gasteiger partial charge >= 0.3 is 0 Å². The van der Waals surface area contributed by atoms with E-state index in [4.69, 9.17) is 0 Å². The van der Waals surface area contributed by atoms with Crippen LogP contribution in [0.2, 0.25) is 0 Å². The van der Waals surface area contributed by atoms with Crippen LogP contribution in [0.1, 0.15) is 51.3 Å². The highest BCUT2D eigenvalue weighted by molar-refractivity contribution is 5.34. The molecule has 4 aliphatic rings. The van der Waals surface area contributed by atoms with E-state index in [0.717, 1.165) is 48.9 Å². The summed E-state index contributed by atoms with van der Waals surface area (Å²) in [5.74, 6) is 5.24. The fourth-order valence-corrected chi connectivity index (χ4v) is 6.07. The Kier molecular flexibility index (Phi) is 3.32. The number of hydrogen-bond donors (Lipinski definition) is 0. The standard InChI is InChI=1S/C19H26N4O/c1-2-3-17-20-21-18-19(24)22(4-5-23(17)18)11-16-14-7-12-6-13(9-14)10-15(16)8-12/h4-5,12-16H,2-3,6-11H2,1H3. The molecule has 5 heteroatoms. The van der Waals surface area contributed by atoms with Gasteiger partial charge in [-0.25, -0.2) is 0 Å². The summed E-state index contributed by atoms with van der Waals surface area (Å²) in [4.78, 5) is 12.9. The molecule has 0 atom stereocenters. The van der Waals surface area contributed by atoms with Crippen molar-refractivity contribution in [3.63, 3.8) is 0 Å². The molecule has 2 aromatic rings. The van der Waals surface area contributed by atoms with Crippen molar-refractivity contribution in [1.82, 2.24) is 19.2 Å². The summed E-state index contributed by atoms with van der Waals surface area (Å²) >= 11 is 0. The van der Waals surface area contributed by atoms with Gasteiger partial charge in [0.1, 0.15) is 5.82 Å². The first-order valence-electron chi connectivity index (χ1n) is 9.66. The third-order valence-corrected chi connectivity index (χ3v) is 6.92. The van der Waals surface area contributed by atoms with Crippen molar-refractivity contribution in [2.45, 2.75) is 58.4 Å². The van der Waals surface area contributed by atoms with Gasteiger partial charge in [0.25, 0.3) is 5.56 Å². The van der Waals surface area contributed by atoms with Crippen molar-refractivity contribution in [3.8, 4) is 0 Å². The third kappa shape index (κ3) is 2.16. The molecular weight excluding hydrogens is 300 g/mol. The molecule has 0 unspecified atom stereocenters. The molecule has 24 heavy (non-hydrogen) atoms. The molecule has 4 bridgehead atoms. The summed E-state index contributed by atoms with van der Waals surface area (Å²) < 4.78 is 3.78. The first-order valence-corrected chi connectivity index (χ1v) is 9.66. The number of fused-ring (bicyclic) bond motifs is 1. The van der Waals surface area contributed by atoms with Crippen molar-refractivity contribution < 1.29 is 0 Å². The SMILES string of the molecule is CCCc1nnc2c(=O)n(CC3C4CC5CC(C4)CC3C5)ccn12. The van der Waals surface area contributed by atoms with Crippen molar-refractivity contribution in [2.24, 2.45) is 29.6 Å². The lowest BCUT2D eigenvalue weighted by Crippen LogP contribution is -2.47. The normalized spacial score (nSPS) is 34.3. The number of nitrogens with zero attached hydrogens (tertiary/aromatic N) is 4. The molecule has 2 aromatic heterocycles. The van der Waals surface area contributed by atoms with E-state index >= 15 is 0 Å². The van der Waals surface area contributed by atoms with E-state index in [9.17, 15) is 4.79 Å². The molecule has 0 spiro atoms. The first kappa shape index (κ1) is 14.7. The van der Waals surface area contributed by atoms with Crippen LogP contribution in [-0.4, -0.2) is 19.2 Å². The molecule has 4 saturated carbocycles. The minimum absolute atomic E-state index is 0.0289. The van der Waals surface area contributed by atoms with E-state index in [1.165, 1.54) is 32.1 Å². The maximum absolute atomic E-state index is 12.9. The topological polar surface area (TPSA) is 52.2 Å². The van der Waals surface area contributed by atoms with E-state index < -0.39 is 0 Å². The molecule has 0 N–H and O–H groups in total. The zero-order chi connectivity index (χ0) is 16.3. The lowest BCUT2D eigenvalue weighted by molar-refractivity contribution is -0.0433. The van der Waals surface area contributed by atoms with Crippen LogP contribution < -0.4 is 5.56 Å². The predicted molar refractivity (Wildman–Crippen MR) is 91.8 cm³/mol. The lowest BCUT2D eigenvalue weighted by atomic mass is 9.52. The van der Waals surface area contributed by atoms with Crippen LogP contribution in [0.4, 0.5) is 0 Å². The van der Waals surface area contributed by atoms with Crippen LogP contribution in [0, 0.1) is 29.6 Å². The minimum Gasteiger partial charge on any atom is -0.311 e. The average molecular weight is 326 g/mol. The van der Waals surface area contributed by atoms with Gasteiger partial charge in [-0.15, -0.1) is 10.2 Å². The number of aryl methyl sites for hydroxylation is 1. The van der Waals surface area contributed by atoms with Crippen LogP contribution >= 0.6 is 0 Å². The van der Waals surface area contributed by atoms with Crippen LogP contribution in [0.25, 0.3) is 5.65 Å². The minimum atomic E-state index is 0.0289. The zero-order valence-corrected chi connectivity index (χ0v) is 14.4. The largest absolute Gasteiger partial charge is 0.311 e. The van der Waals surface area contributed by atoms with Gasteiger partial charge < -0.3 is 4.57 Å². The molecule has 0 aromatic carbocycles. The summed E-state index contributed by atoms with van der Waals surface area (Å²) in [5.41, 5.74) is 0.519. The van der Waals surface area contributed by atoms with Crippen molar-refractivity contribution in [2.75, 3.05) is 0 Å². The molecule has 0 amide bonds. The quantitative estimate of drug-likeness (QED) is 0.868. The Hall–Kier alpha value is -1.65. The second-order valence-electron chi connectivity index (χ2n) is 8.41. The molecule has 6 rings (SSSR count). The van der Waals surface area contributed by atoms with Gasteiger partial charge in [-0.3, -0.25) is 9.20 Å². The van der Waals surface area contributed by atoms with Gasteiger partial charge in [0.05, 0.1) is 0 Å². The Morgan fingerprint density at radius 3 is 2.42 bits per heavy atom. The Morgan fingerprint density at radius 1 is 1.04 bits per heavy atom. The Morgan fingerprint density at radius 2 is 1.75 bits per heavy atom. The summed E-state index contributed by atoms with van der Waals surface area (Å²) in [6, 6.07) is 0. The molecule has 0 saturated heterocycles. The number of rotatable bonds is 4. The molecular formula is C19H26N4O. The van der Waals surface area contributed by atoms with Crippen molar-refractivity contribution >= 4 is 5.65 Å². The van der Waals surface area contributed by atoms with E-state index in [1.807, 2.05) is 21.4 Å². The van der Waals surface area contributed by atoms with E-state index in [2.05, 4.69) is 17.1 Å². The van der Waals surface area contributed by atoms with Crippen LogP contribution in [0.3, 0.4) is 0 Å². The van der Waals surface area contributed by atoms with Gasteiger partial charge in [0.2, 0.25) is 5.65 Å². The molecule has 0 aliphatic heterocycles. The van der Waals surface area contributed by atoms with Gasteiger partial charge in [0.15, 0.2) is 0 Å². The van der Waals surface area contributed by atoms with Crippen LogP contribution in [0.15, 0.2) is 17.2 Å². The fraction of sp³-hybridized carbons (Fsp3) is 0.737. The second-order valence-corrected chi connectivity index (χ2v) is 8.41. The highest BCUT2D eigenvalue weighted by atomic mass is 16.1. The molecule has 4 fully saturated rings. The van der Waals surface area contributed by atoms with Gasteiger partial charge in [-0.1, -0.05) is 6.92 Å². The predicted octanol–water partition coefficient (Wildman–Crippen LogP) is 2.92. The third-order valence-electron chi connectivity index (χ3n) is 6.92. The molecule has 0 radical (unpaired) electrons. The summed E-state index contributed by atoms with van der Waals surface area (Å²) in [7, 11) is 0. The summed E-state index contributed by atoms with van der Waals surface area (Å²) in [6.07, 6.45) is 12.9. The number of aromatic nitrogens is 4. The Bertz CT molecular complexity index is 792. The molecule has 2 heterocycles. The maximum atomic E-state index is 12.9. The Balaban J connectivity index is 1.45. The van der Waals surface area contributed by atoms with E-state index in [0.29, 0.717) is 11.6 Å². The van der Waals surface area contributed by atoms with Crippen LogP contribution in [-0.2, 0) is 13.0 Å². The lowest BCUT2D eigenvalue weighted by Gasteiger charge is -2.54. The molecule has 4 aliphatic carbocycles. The Labute approximate surface area is 142 Å². The smallest absolute Gasteiger partial charge is 0.296 e. The number of hydrogen-bond acceptors (Lipinski definition) is 3. The fourth-order valence-electron chi connectivity index (χ4n) is 6.07. The van der Waals surface area contributed by atoms with Gasteiger partial charge in [0, 0.05) is 25.4 Å². The maximum Gasteiger partial charge on any atom is 0.296 e. The molecule has 5 nitrogen and oxygen atoms in total. The van der Waals surface area contributed by atoms with Crippen molar-refractivity contribution in [1.29, 1.82) is 0 Å². The highest BCUT2D eigenvalue weighted by Gasteiger charge is 2.48. The van der Waals surface area contributed by atoms with Crippen molar-refractivity contribution in [3.05, 3.63) is 28.6 Å². The first-order chi connectivity index (χ1) is 11.7. The van der Waals surface area contributed by atoms with E-state index in [-0.39, 0.29) is 5.56 Å². The summed E-state index contributed by atoms with van der Waals surface area (Å²) in [6.45, 7) is 2.99. The molecule has 128 valence electrons. The van der Waals surface area contributed by atoms with Gasteiger partial charge in [-0.05, 0) is 68.1 Å². The second kappa shape index (κ2) is 5.43. The average Bonchev–Trinajstić information content (AvgIpc) is 2.96. The monoisotopic (exact) mass is 326 g/mol. The van der Waals surface area contributed by atoms with Gasteiger partial charge in [-0.2, -0.15) is 0 Å². The van der Waals surface area contributed by atoms with E-state index in [1.54, 1.807) is 0 Å². The van der Waals surface area contributed by atoms with Crippen LogP contribution in [0.5, 0.6) is 0 Å². The zero-order valence-electron chi connectivity index (χ0n) is 14.4. The highest BCUT2D eigenvalue weighted by Crippen LogP contribution is 2.56.